The van der Waals surface area contributed by atoms with Crippen molar-refractivity contribution >= 4 is 23.0 Å². The summed E-state index contributed by atoms with van der Waals surface area (Å²) in [7, 11) is 0. The van der Waals surface area contributed by atoms with Crippen molar-refractivity contribution in [3.63, 3.8) is 0 Å². The summed E-state index contributed by atoms with van der Waals surface area (Å²) in [6.07, 6.45) is 0. The molecule has 2 aromatic carbocycles. The molecule has 4 N–H and O–H groups in total. The molecule has 0 saturated heterocycles. The van der Waals surface area contributed by atoms with Gasteiger partial charge in [0.25, 0.3) is 5.69 Å². The predicted molar refractivity (Wildman–Crippen MR) is 94.3 cm³/mol. The third-order valence-corrected chi connectivity index (χ3v) is 3.55. The predicted octanol–water partition coefficient (Wildman–Crippen LogP) is 2.61. The van der Waals surface area contributed by atoms with Crippen LogP contribution in [0, 0.1) is 21.4 Å². The highest BCUT2D eigenvalue weighted by molar-refractivity contribution is 5.93. The van der Waals surface area contributed by atoms with Crippen LogP contribution in [0.3, 0.4) is 0 Å². The number of anilines is 2. The summed E-state index contributed by atoms with van der Waals surface area (Å²) in [4.78, 5) is 21.9. The molecule has 0 aromatic heterocycles. The van der Waals surface area contributed by atoms with Crippen LogP contribution in [0.25, 0.3) is 0 Å². The van der Waals surface area contributed by atoms with Crippen molar-refractivity contribution in [3.8, 4) is 6.07 Å². The zero-order chi connectivity index (χ0) is 18.4. The normalized spacial score (nSPS) is 9.92. The van der Waals surface area contributed by atoms with Gasteiger partial charge in [-0.1, -0.05) is 0 Å². The molecule has 0 heterocycles. The maximum atomic E-state index is 11.2. The first-order chi connectivity index (χ1) is 12.0. The number of rotatable bonds is 7. The molecule has 0 aliphatic rings. The third-order valence-electron chi connectivity index (χ3n) is 3.55. The number of amides is 1. The molecule has 0 aliphatic heterocycles. The zero-order valence-electron chi connectivity index (χ0n) is 13.6. The lowest BCUT2D eigenvalue weighted by molar-refractivity contribution is -0.385. The van der Waals surface area contributed by atoms with E-state index in [1.807, 2.05) is 6.92 Å². The Hall–Kier alpha value is -3.60. The Balaban J connectivity index is 2.31. The van der Waals surface area contributed by atoms with Gasteiger partial charge in [0.1, 0.15) is 0 Å². The fourth-order valence-corrected chi connectivity index (χ4v) is 2.33. The molecule has 0 bridgehead atoms. The van der Waals surface area contributed by atoms with Crippen LogP contribution < -0.4 is 16.4 Å². The highest BCUT2D eigenvalue weighted by Crippen LogP contribution is 2.26. The molecule has 1 amide bonds. The van der Waals surface area contributed by atoms with Gasteiger partial charge in [0.2, 0.25) is 5.91 Å². The van der Waals surface area contributed by atoms with Crippen LogP contribution in [0.1, 0.15) is 28.4 Å². The number of carbonyl (C=O) groups excluding carboxylic acids is 1. The van der Waals surface area contributed by atoms with Crippen LogP contribution in [-0.2, 0) is 6.54 Å². The molecular formula is C17H17N5O3. The van der Waals surface area contributed by atoms with E-state index in [2.05, 4.69) is 16.7 Å². The molecule has 8 nitrogen and oxygen atoms in total. The van der Waals surface area contributed by atoms with Crippen LogP contribution in [-0.4, -0.2) is 17.4 Å². The Labute approximate surface area is 144 Å². The van der Waals surface area contributed by atoms with Gasteiger partial charge in [-0.05, 0) is 37.3 Å². The maximum absolute atomic E-state index is 11.2. The SMILES string of the molecule is CCNc1ccc(C#N)cc1NCc1ccc(C(N)=O)cc1[N+](=O)[O-]. The van der Waals surface area contributed by atoms with Gasteiger partial charge in [-0.25, -0.2) is 0 Å². The van der Waals surface area contributed by atoms with Crippen molar-refractivity contribution < 1.29 is 9.72 Å². The summed E-state index contributed by atoms with van der Waals surface area (Å²) in [6.45, 7) is 2.78. The summed E-state index contributed by atoms with van der Waals surface area (Å²) in [5, 5.41) is 26.5. The molecule has 0 atom stereocenters. The van der Waals surface area contributed by atoms with Crippen molar-refractivity contribution in [2.45, 2.75) is 13.5 Å². The lowest BCUT2D eigenvalue weighted by Gasteiger charge is -2.14. The smallest absolute Gasteiger partial charge is 0.275 e. The number of nitriles is 1. The van der Waals surface area contributed by atoms with E-state index < -0.39 is 10.8 Å². The number of nitrogens with two attached hydrogens (primary N) is 1. The molecule has 0 unspecified atom stereocenters. The summed E-state index contributed by atoms with van der Waals surface area (Å²) in [6, 6.07) is 11.3. The average Bonchev–Trinajstić information content (AvgIpc) is 2.60. The van der Waals surface area contributed by atoms with Gasteiger partial charge in [-0.15, -0.1) is 0 Å². The molecule has 0 aliphatic carbocycles. The second-order valence-corrected chi connectivity index (χ2v) is 5.22. The lowest BCUT2D eigenvalue weighted by Crippen LogP contribution is -2.12. The fraction of sp³-hybridized carbons (Fsp3) is 0.176. The molecule has 2 aromatic rings. The number of nitro groups is 1. The molecule has 0 radical (unpaired) electrons. The Morgan fingerprint density at radius 1 is 1.24 bits per heavy atom. The third kappa shape index (κ3) is 4.23. The first-order valence-electron chi connectivity index (χ1n) is 7.55. The summed E-state index contributed by atoms with van der Waals surface area (Å²) in [5.74, 6) is -0.723. The number of hydrogen-bond acceptors (Lipinski definition) is 6. The Morgan fingerprint density at radius 2 is 2.00 bits per heavy atom. The van der Waals surface area contributed by atoms with E-state index >= 15 is 0 Å². The number of benzene rings is 2. The summed E-state index contributed by atoms with van der Waals surface area (Å²) >= 11 is 0. The van der Waals surface area contributed by atoms with Crippen molar-refractivity contribution in [2.75, 3.05) is 17.2 Å². The van der Waals surface area contributed by atoms with Gasteiger partial charge >= 0.3 is 0 Å². The van der Waals surface area contributed by atoms with Crippen LogP contribution in [0.2, 0.25) is 0 Å². The van der Waals surface area contributed by atoms with E-state index in [9.17, 15) is 14.9 Å². The van der Waals surface area contributed by atoms with E-state index in [0.717, 1.165) is 11.8 Å². The van der Waals surface area contributed by atoms with Crippen LogP contribution >= 0.6 is 0 Å². The molecule has 25 heavy (non-hydrogen) atoms. The molecule has 0 saturated carbocycles. The van der Waals surface area contributed by atoms with E-state index in [-0.39, 0.29) is 17.8 Å². The monoisotopic (exact) mass is 339 g/mol. The first kappa shape index (κ1) is 17.7. The molecular weight excluding hydrogens is 322 g/mol. The highest BCUT2D eigenvalue weighted by atomic mass is 16.6. The minimum Gasteiger partial charge on any atom is -0.384 e. The topological polar surface area (TPSA) is 134 Å². The Morgan fingerprint density at radius 3 is 2.60 bits per heavy atom. The van der Waals surface area contributed by atoms with Gasteiger partial charge in [0, 0.05) is 30.3 Å². The van der Waals surface area contributed by atoms with Gasteiger partial charge < -0.3 is 16.4 Å². The molecule has 8 heteroatoms. The van der Waals surface area contributed by atoms with E-state index in [4.69, 9.17) is 11.0 Å². The standard InChI is InChI=1S/C17H17N5O3/c1-2-20-14-6-3-11(9-18)7-15(14)21-10-13-5-4-12(17(19)23)8-16(13)22(24)25/h3-8,20-21H,2,10H2,1H3,(H2,19,23). The van der Waals surface area contributed by atoms with Gasteiger partial charge in [-0.2, -0.15) is 5.26 Å². The number of nitrogens with one attached hydrogen (secondary N) is 2. The van der Waals surface area contributed by atoms with E-state index in [1.54, 1.807) is 18.2 Å². The van der Waals surface area contributed by atoms with Crippen LogP contribution in [0.4, 0.5) is 17.1 Å². The first-order valence-corrected chi connectivity index (χ1v) is 7.55. The number of carbonyl (C=O) groups is 1. The molecule has 0 fully saturated rings. The second-order valence-electron chi connectivity index (χ2n) is 5.22. The lowest BCUT2D eigenvalue weighted by atomic mass is 10.1. The second kappa shape index (κ2) is 7.79. The van der Waals surface area contributed by atoms with Crippen LogP contribution in [0.15, 0.2) is 36.4 Å². The summed E-state index contributed by atoms with van der Waals surface area (Å²) < 4.78 is 0. The maximum Gasteiger partial charge on any atom is 0.275 e. The summed E-state index contributed by atoms with van der Waals surface area (Å²) in [5.41, 5.74) is 7.38. The Bertz CT molecular complexity index is 858. The quantitative estimate of drug-likeness (QED) is 0.524. The zero-order valence-corrected chi connectivity index (χ0v) is 13.6. The van der Waals surface area contributed by atoms with Gasteiger partial charge in [0.05, 0.1) is 27.9 Å². The fourth-order valence-electron chi connectivity index (χ4n) is 2.33. The molecule has 0 spiro atoms. The van der Waals surface area contributed by atoms with Crippen molar-refractivity contribution in [1.29, 1.82) is 5.26 Å². The van der Waals surface area contributed by atoms with Crippen molar-refractivity contribution in [3.05, 3.63) is 63.2 Å². The van der Waals surface area contributed by atoms with Crippen LogP contribution in [0.5, 0.6) is 0 Å². The molecule has 2 rings (SSSR count). The van der Waals surface area contributed by atoms with E-state index in [1.165, 1.54) is 12.1 Å². The minimum absolute atomic E-state index is 0.0790. The highest BCUT2D eigenvalue weighted by Gasteiger charge is 2.16. The average molecular weight is 339 g/mol. The minimum atomic E-state index is -0.723. The number of nitro benzene ring substituents is 1. The number of primary amides is 1. The van der Waals surface area contributed by atoms with Crippen molar-refractivity contribution in [2.24, 2.45) is 5.73 Å². The van der Waals surface area contributed by atoms with E-state index in [0.29, 0.717) is 23.4 Å². The number of nitrogens with zero attached hydrogens (tertiary/aromatic N) is 2. The number of hydrogen-bond donors (Lipinski definition) is 3. The Kier molecular flexibility index (Phi) is 5.53. The van der Waals surface area contributed by atoms with Gasteiger partial charge in [-0.3, -0.25) is 14.9 Å². The van der Waals surface area contributed by atoms with Crippen molar-refractivity contribution in [1.82, 2.24) is 0 Å². The molecule has 128 valence electrons. The largest absolute Gasteiger partial charge is 0.384 e. The van der Waals surface area contributed by atoms with Gasteiger partial charge in [0.15, 0.2) is 0 Å².